The van der Waals surface area contributed by atoms with E-state index in [0.29, 0.717) is 22.9 Å². The maximum atomic E-state index is 11.6. The van der Waals surface area contributed by atoms with Crippen molar-refractivity contribution >= 4 is 37.6 Å². The summed E-state index contributed by atoms with van der Waals surface area (Å²) in [6.45, 7) is 0. The lowest BCUT2D eigenvalue weighted by Gasteiger charge is -2.10. The fourth-order valence-electron chi connectivity index (χ4n) is 3.47. The molecule has 3 heterocycles. The van der Waals surface area contributed by atoms with Crippen molar-refractivity contribution in [1.29, 1.82) is 0 Å². The third-order valence-electron chi connectivity index (χ3n) is 4.76. The molecule has 150 valence electrons. The van der Waals surface area contributed by atoms with Crippen LogP contribution in [0.25, 0.3) is 44.6 Å². The smallest absolute Gasteiger partial charge is 0.229 e. The zero-order chi connectivity index (χ0) is 20.9. The van der Waals surface area contributed by atoms with Crippen molar-refractivity contribution in [2.75, 3.05) is 11.0 Å². The Balaban J connectivity index is 1.75. The Bertz CT molecular complexity index is 1520. The highest BCUT2D eigenvalue weighted by Crippen LogP contribution is 2.32. The van der Waals surface area contributed by atoms with Crippen LogP contribution in [0.1, 0.15) is 0 Å². The van der Waals surface area contributed by atoms with Gasteiger partial charge in [-0.15, -0.1) is 0 Å². The van der Waals surface area contributed by atoms with Gasteiger partial charge in [-0.1, -0.05) is 24.3 Å². The van der Waals surface area contributed by atoms with Gasteiger partial charge in [0.05, 0.1) is 35.2 Å². The first-order valence-electron chi connectivity index (χ1n) is 9.09. The van der Waals surface area contributed by atoms with Crippen LogP contribution < -0.4 is 4.72 Å². The topological polar surface area (TPSA) is 118 Å². The number of nitrogens with one attached hydrogen (secondary N) is 2. The van der Waals surface area contributed by atoms with Gasteiger partial charge in [0.25, 0.3) is 0 Å². The van der Waals surface area contributed by atoms with Crippen LogP contribution in [-0.4, -0.2) is 44.6 Å². The van der Waals surface area contributed by atoms with E-state index in [1.807, 2.05) is 31.3 Å². The number of nitrogens with zero attached hydrogens (tertiary/aromatic N) is 5. The van der Waals surface area contributed by atoms with Gasteiger partial charge < -0.3 is 0 Å². The molecule has 5 rings (SSSR count). The molecule has 0 atom stereocenters. The van der Waals surface area contributed by atoms with Gasteiger partial charge in [0.2, 0.25) is 10.0 Å². The molecular formula is C20H17N7O2S. The minimum atomic E-state index is -3.39. The number of hydrogen-bond acceptors (Lipinski definition) is 6. The lowest BCUT2D eigenvalue weighted by molar-refractivity contribution is 0.607. The number of aromatic nitrogens is 6. The molecule has 0 unspecified atom stereocenters. The Kier molecular flexibility index (Phi) is 4.03. The summed E-state index contributed by atoms with van der Waals surface area (Å²) < 4.78 is 27.5. The molecule has 3 aromatic heterocycles. The summed E-state index contributed by atoms with van der Waals surface area (Å²) in [5.74, 6) is 0.537. The number of aromatic amines is 1. The van der Waals surface area contributed by atoms with Crippen LogP contribution in [0.5, 0.6) is 0 Å². The van der Waals surface area contributed by atoms with Gasteiger partial charge in [-0.05, 0) is 18.2 Å². The van der Waals surface area contributed by atoms with Gasteiger partial charge in [0.15, 0.2) is 11.5 Å². The highest BCUT2D eigenvalue weighted by molar-refractivity contribution is 7.92. The fraction of sp³-hybridized carbons (Fsp3) is 0.100. The highest BCUT2D eigenvalue weighted by Gasteiger charge is 2.17. The van der Waals surface area contributed by atoms with Crippen molar-refractivity contribution < 1.29 is 8.42 Å². The first-order chi connectivity index (χ1) is 14.4. The van der Waals surface area contributed by atoms with Gasteiger partial charge in [-0.3, -0.25) is 14.5 Å². The molecule has 2 aromatic carbocycles. The van der Waals surface area contributed by atoms with E-state index in [4.69, 9.17) is 9.97 Å². The van der Waals surface area contributed by atoms with Gasteiger partial charge in [-0.2, -0.15) is 10.2 Å². The van der Waals surface area contributed by atoms with Crippen LogP contribution in [0.2, 0.25) is 0 Å². The second-order valence-corrected chi connectivity index (χ2v) is 8.74. The lowest BCUT2D eigenvalue weighted by atomic mass is 10.1. The van der Waals surface area contributed by atoms with Crippen LogP contribution in [0.15, 0.2) is 54.9 Å². The van der Waals surface area contributed by atoms with Gasteiger partial charge in [0.1, 0.15) is 0 Å². The summed E-state index contributed by atoms with van der Waals surface area (Å²) in [4.78, 5) is 9.58. The molecule has 0 spiro atoms. The third-order valence-corrected chi connectivity index (χ3v) is 5.36. The summed E-state index contributed by atoms with van der Waals surface area (Å²) in [7, 11) is -1.57. The summed E-state index contributed by atoms with van der Waals surface area (Å²) in [5.41, 5.74) is 4.30. The standard InChI is InChI=1S/C20H17N7O2S/c1-27-20-16(11-22-27)18(12-5-3-6-13(9-12)26-30(2,28)29)23-19(24-20)14-7-4-8-17-15(14)10-21-25-17/h3-11,26H,1-2H3,(H,21,25). The number of sulfonamides is 1. The zero-order valence-corrected chi connectivity index (χ0v) is 17.0. The van der Waals surface area contributed by atoms with Gasteiger partial charge >= 0.3 is 0 Å². The SMILES string of the molecule is Cn1ncc2c(-c3cccc(NS(C)(=O)=O)c3)nc(-c3cccc4[nH]ncc34)nc21. The third kappa shape index (κ3) is 3.16. The molecule has 0 saturated heterocycles. The maximum Gasteiger partial charge on any atom is 0.229 e. The minimum Gasteiger partial charge on any atom is -0.284 e. The molecule has 9 nitrogen and oxygen atoms in total. The molecule has 2 N–H and O–H groups in total. The lowest BCUT2D eigenvalue weighted by Crippen LogP contribution is -2.09. The number of aryl methyl sites for hydroxylation is 1. The minimum absolute atomic E-state index is 0.462. The van der Waals surface area contributed by atoms with E-state index in [1.54, 1.807) is 35.3 Å². The van der Waals surface area contributed by atoms with Crippen molar-refractivity contribution in [2.24, 2.45) is 7.05 Å². The Morgan fingerprint density at radius 2 is 1.87 bits per heavy atom. The van der Waals surface area contributed by atoms with Gasteiger partial charge in [0, 0.05) is 29.2 Å². The molecule has 30 heavy (non-hydrogen) atoms. The summed E-state index contributed by atoms with van der Waals surface area (Å²) >= 11 is 0. The van der Waals surface area contributed by atoms with Crippen molar-refractivity contribution in [3.05, 3.63) is 54.9 Å². The second-order valence-electron chi connectivity index (χ2n) is 6.99. The van der Waals surface area contributed by atoms with Crippen LogP contribution in [0.4, 0.5) is 5.69 Å². The normalized spacial score (nSPS) is 11.9. The number of rotatable bonds is 4. The maximum absolute atomic E-state index is 11.6. The molecule has 0 amide bonds. The Morgan fingerprint density at radius 1 is 1.03 bits per heavy atom. The number of H-pyrrole nitrogens is 1. The van der Waals surface area contributed by atoms with E-state index in [9.17, 15) is 8.42 Å². The largest absolute Gasteiger partial charge is 0.284 e. The Labute approximate surface area is 171 Å². The van der Waals surface area contributed by atoms with E-state index < -0.39 is 10.0 Å². The molecule has 0 aliphatic carbocycles. The average Bonchev–Trinajstić information content (AvgIpc) is 3.33. The molecule has 0 saturated carbocycles. The highest BCUT2D eigenvalue weighted by atomic mass is 32.2. The fourth-order valence-corrected chi connectivity index (χ4v) is 4.02. The van der Waals surface area contributed by atoms with Crippen molar-refractivity contribution in [2.45, 2.75) is 0 Å². The van der Waals surface area contributed by atoms with Crippen LogP contribution in [0.3, 0.4) is 0 Å². The molecule has 0 bridgehead atoms. The summed E-state index contributed by atoms with van der Waals surface area (Å²) in [6.07, 6.45) is 4.58. The molecule has 10 heteroatoms. The first-order valence-corrected chi connectivity index (χ1v) is 11.0. The predicted molar refractivity (Wildman–Crippen MR) is 115 cm³/mol. The van der Waals surface area contributed by atoms with Crippen LogP contribution in [-0.2, 0) is 17.1 Å². The number of hydrogen-bond donors (Lipinski definition) is 2. The summed E-state index contributed by atoms with van der Waals surface area (Å²) in [5, 5.41) is 13.1. The van der Waals surface area contributed by atoms with Crippen LogP contribution >= 0.6 is 0 Å². The molecule has 0 radical (unpaired) electrons. The number of anilines is 1. The van der Waals surface area contributed by atoms with E-state index in [0.717, 1.165) is 33.7 Å². The van der Waals surface area contributed by atoms with E-state index >= 15 is 0 Å². The molecule has 5 aromatic rings. The Morgan fingerprint density at radius 3 is 2.70 bits per heavy atom. The summed E-state index contributed by atoms with van der Waals surface area (Å²) in [6, 6.07) is 12.9. The Hall–Kier alpha value is -3.79. The zero-order valence-electron chi connectivity index (χ0n) is 16.2. The molecular weight excluding hydrogens is 402 g/mol. The van der Waals surface area contributed by atoms with Crippen molar-refractivity contribution in [3.8, 4) is 22.6 Å². The van der Waals surface area contributed by atoms with Crippen LogP contribution in [0, 0.1) is 0 Å². The number of benzene rings is 2. The monoisotopic (exact) mass is 419 g/mol. The van der Waals surface area contributed by atoms with E-state index in [-0.39, 0.29) is 0 Å². The quantitative estimate of drug-likeness (QED) is 0.462. The van der Waals surface area contributed by atoms with Crippen molar-refractivity contribution in [1.82, 2.24) is 29.9 Å². The van der Waals surface area contributed by atoms with E-state index in [2.05, 4.69) is 20.0 Å². The van der Waals surface area contributed by atoms with Gasteiger partial charge in [-0.25, -0.2) is 18.4 Å². The average molecular weight is 419 g/mol. The van der Waals surface area contributed by atoms with E-state index in [1.165, 1.54) is 0 Å². The molecule has 0 aliphatic heterocycles. The first kappa shape index (κ1) is 18.3. The second kappa shape index (κ2) is 6.63. The number of fused-ring (bicyclic) bond motifs is 2. The molecule has 0 fully saturated rings. The van der Waals surface area contributed by atoms with Crippen molar-refractivity contribution in [3.63, 3.8) is 0 Å². The molecule has 0 aliphatic rings. The predicted octanol–water partition coefficient (Wildman–Crippen LogP) is 2.95.